The van der Waals surface area contributed by atoms with Crippen molar-refractivity contribution in [1.29, 1.82) is 0 Å². The molecule has 1 aliphatic rings. The molecule has 0 unspecified atom stereocenters. The first kappa shape index (κ1) is 16.4. The Morgan fingerprint density at radius 3 is 2.96 bits per heavy atom. The molecule has 3 N–H and O–H groups in total. The van der Waals surface area contributed by atoms with Gasteiger partial charge in [-0.3, -0.25) is 14.3 Å². The molecule has 2 amide bonds. The fourth-order valence-electron chi connectivity index (χ4n) is 3.75. The van der Waals surface area contributed by atoms with Crippen LogP contribution in [-0.4, -0.2) is 26.6 Å². The molecule has 0 saturated heterocycles. The van der Waals surface area contributed by atoms with Crippen LogP contribution in [0.15, 0.2) is 53.3 Å². The Labute approximate surface area is 159 Å². The number of nitrogens with one attached hydrogen (secondary N) is 3. The number of aromatic nitrogens is 3. The summed E-state index contributed by atoms with van der Waals surface area (Å²) in [6.45, 7) is 0. The molecule has 4 heterocycles. The van der Waals surface area contributed by atoms with Gasteiger partial charge in [0.25, 0.3) is 5.91 Å². The van der Waals surface area contributed by atoms with Crippen LogP contribution >= 0.6 is 0 Å². The number of aromatic amines is 1. The van der Waals surface area contributed by atoms with Gasteiger partial charge < -0.3 is 20.0 Å². The number of hydrogen-bond donors (Lipinski definition) is 3. The molecule has 0 bridgehead atoms. The number of benzene rings is 1. The zero-order valence-corrected chi connectivity index (χ0v) is 15.0. The lowest BCUT2D eigenvalue weighted by atomic mass is 9.91. The molecule has 5 rings (SSSR count). The molecule has 1 atom stereocenters. The molecule has 140 valence electrons. The first-order valence-electron chi connectivity index (χ1n) is 8.89. The van der Waals surface area contributed by atoms with Gasteiger partial charge in [-0.2, -0.15) is 5.10 Å². The first-order valence-corrected chi connectivity index (χ1v) is 8.89. The number of carbonyl (C=O) groups excluding carboxylic acids is 2. The molecule has 28 heavy (non-hydrogen) atoms. The van der Waals surface area contributed by atoms with E-state index in [2.05, 4.69) is 20.7 Å². The molecule has 1 aliphatic heterocycles. The standard InChI is InChI=1S/C20H17N5O3/c1-25-19-17(12(9-16(26)22-19)15-7-4-8-28-15)18(24-25)23-20(27)13-10-21-14-6-3-2-5-11(13)14/h2-8,10,12,21H,9H2,1H3,(H,22,26)(H,23,24,27)/t12-/m0/s1. The quantitative estimate of drug-likeness (QED) is 0.511. The zero-order chi connectivity index (χ0) is 19.3. The van der Waals surface area contributed by atoms with Gasteiger partial charge in [-0.15, -0.1) is 0 Å². The van der Waals surface area contributed by atoms with Crippen LogP contribution in [0.25, 0.3) is 10.9 Å². The Morgan fingerprint density at radius 2 is 2.14 bits per heavy atom. The number of aryl methyl sites for hydroxylation is 1. The van der Waals surface area contributed by atoms with Gasteiger partial charge >= 0.3 is 0 Å². The average Bonchev–Trinajstić information content (AvgIpc) is 3.41. The Morgan fingerprint density at radius 1 is 1.29 bits per heavy atom. The summed E-state index contributed by atoms with van der Waals surface area (Å²) in [6.07, 6.45) is 3.48. The Bertz CT molecular complexity index is 1200. The SMILES string of the molecule is Cn1nc(NC(=O)c2c[nH]c3ccccc23)c2c1NC(=O)C[C@H]2c1ccco1. The second kappa shape index (κ2) is 6.12. The van der Waals surface area contributed by atoms with Crippen molar-refractivity contribution in [1.82, 2.24) is 14.8 Å². The number of carbonyl (C=O) groups is 2. The molecule has 0 saturated carbocycles. The lowest BCUT2D eigenvalue weighted by Crippen LogP contribution is -2.25. The Kier molecular flexibility index (Phi) is 3.58. The summed E-state index contributed by atoms with van der Waals surface area (Å²) in [5.41, 5.74) is 2.16. The van der Waals surface area contributed by atoms with Crippen LogP contribution in [-0.2, 0) is 11.8 Å². The molecular weight excluding hydrogens is 358 g/mol. The molecule has 0 aliphatic carbocycles. The topological polar surface area (TPSA) is 105 Å². The predicted molar refractivity (Wildman–Crippen MR) is 103 cm³/mol. The molecule has 8 nitrogen and oxygen atoms in total. The summed E-state index contributed by atoms with van der Waals surface area (Å²) < 4.78 is 7.11. The Hall–Kier alpha value is -3.81. The summed E-state index contributed by atoms with van der Waals surface area (Å²) in [6, 6.07) is 11.2. The molecule has 4 aromatic rings. The van der Waals surface area contributed by atoms with E-state index in [1.165, 1.54) is 0 Å². The van der Waals surface area contributed by atoms with Gasteiger partial charge in [-0.05, 0) is 18.2 Å². The van der Waals surface area contributed by atoms with Crippen LogP contribution in [0.5, 0.6) is 0 Å². The minimum atomic E-state index is -0.314. The van der Waals surface area contributed by atoms with Gasteiger partial charge in [0.05, 0.1) is 23.3 Å². The van der Waals surface area contributed by atoms with Gasteiger partial charge in [-0.25, -0.2) is 0 Å². The minimum Gasteiger partial charge on any atom is -0.469 e. The molecule has 1 aromatic carbocycles. The number of anilines is 2. The highest BCUT2D eigenvalue weighted by molar-refractivity contribution is 6.13. The van der Waals surface area contributed by atoms with E-state index in [1.807, 2.05) is 30.3 Å². The average molecular weight is 375 g/mol. The number of fused-ring (bicyclic) bond motifs is 2. The number of furan rings is 1. The third-order valence-corrected chi connectivity index (χ3v) is 5.03. The molecule has 8 heteroatoms. The number of rotatable bonds is 3. The van der Waals surface area contributed by atoms with E-state index in [-0.39, 0.29) is 24.2 Å². The highest BCUT2D eigenvalue weighted by Crippen LogP contribution is 2.41. The van der Waals surface area contributed by atoms with Crippen LogP contribution in [0.2, 0.25) is 0 Å². The van der Waals surface area contributed by atoms with Gasteiger partial charge in [0.1, 0.15) is 11.6 Å². The van der Waals surface area contributed by atoms with Crippen molar-refractivity contribution < 1.29 is 14.0 Å². The summed E-state index contributed by atoms with van der Waals surface area (Å²) in [5, 5.41) is 11.0. The first-order chi connectivity index (χ1) is 13.6. The lowest BCUT2D eigenvalue weighted by Gasteiger charge is -2.22. The van der Waals surface area contributed by atoms with E-state index in [4.69, 9.17) is 4.42 Å². The molecule has 0 spiro atoms. The fraction of sp³-hybridized carbons (Fsp3) is 0.150. The van der Waals surface area contributed by atoms with Crippen LogP contribution in [0, 0.1) is 0 Å². The second-order valence-corrected chi connectivity index (χ2v) is 6.76. The van der Waals surface area contributed by atoms with Crippen molar-refractivity contribution in [2.24, 2.45) is 7.05 Å². The summed E-state index contributed by atoms with van der Waals surface area (Å²) in [5.74, 6) is 0.929. The maximum absolute atomic E-state index is 13.0. The third-order valence-electron chi connectivity index (χ3n) is 5.03. The highest BCUT2D eigenvalue weighted by Gasteiger charge is 2.35. The molecule has 3 aromatic heterocycles. The minimum absolute atomic E-state index is 0.119. The van der Waals surface area contributed by atoms with Gasteiger partial charge in [0.15, 0.2) is 5.82 Å². The maximum Gasteiger partial charge on any atom is 0.259 e. The largest absolute Gasteiger partial charge is 0.469 e. The second-order valence-electron chi connectivity index (χ2n) is 6.76. The molecular formula is C20H17N5O3. The fourth-order valence-corrected chi connectivity index (χ4v) is 3.75. The summed E-state index contributed by atoms with van der Waals surface area (Å²) in [7, 11) is 1.73. The smallest absolute Gasteiger partial charge is 0.259 e. The van der Waals surface area contributed by atoms with Crippen molar-refractivity contribution in [2.45, 2.75) is 12.3 Å². The third kappa shape index (κ3) is 2.50. The number of hydrogen-bond acceptors (Lipinski definition) is 4. The number of H-pyrrole nitrogens is 1. The van der Waals surface area contributed by atoms with E-state index < -0.39 is 0 Å². The number of para-hydroxylation sites is 1. The molecule has 0 radical (unpaired) electrons. The van der Waals surface area contributed by atoms with Crippen LogP contribution < -0.4 is 10.6 Å². The van der Waals surface area contributed by atoms with Crippen LogP contribution in [0.3, 0.4) is 0 Å². The zero-order valence-electron chi connectivity index (χ0n) is 15.0. The van der Waals surface area contributed by atoms with E-state index in [1.54, 1.807) is 30.3 Å². The number of nitrogens with zero attached hydrogens (tertiary/aromatic N) is 2. The normalized spacial score (nSPS) is 16.0. The van der Waals surface area contributed by atoms with Crippen molar-refractivity contribution in [3.63, 3.8) is 0 Å². The van der Waals surface area contributed by atoms with Crippen molar-refractivity contribution in [3.8, 4) is 0 Å². The van der Waals surface area contributed by atoms with Gasteiger partial charge in [0, 0.05) is 30.6 Å². The maximum atomic E-state index is 13.0. The van der Waals surface area contributed by atoms with Crippen LogP contribution in [0.1, 0.15) is 34.0 Å². The highest BCUT2D eigenvalue weighted by atomic mass is 16.3. The van der Waals surface area contributed by atoms with Crippen molar-refractivity contribution in [2.75, 3.05) is 10.6 Å². The number of amides is 2. The van der Waals surface area contributed by atoms with Crippen LogP contribution in [0.4, 0.5) is 11.6 Å². The van der Waals surface area contributed by atoms with Crippen molar-refractivity contribution in [3.05, 3.63) is 65.7 Å². The van der Waals surface area contributed by atoms with E-state index >= 15 is 0 Å². The van der Waals surface area contributed by atoms with E-state index in [0.717, 1.165) is 16.5 Å². The monoisotopic (exact) mass is 375 g/mol. The molecule has 0 fully saturated rings. The van der Waals surface area contributed by atoms with Gasteiger partial charge in [-0.1, -0.05) is 18.2 Å². The van der Waals surface area contributed by atoms with E-state index in [0.29, 0.717) is 23.0 Å². The Balaban J connectivity index is 1.56. The van der Waals surface area contributed by atoms with Crippen molar-refractivity contribution >= 4 is 34.4 Å². The summed E-state index contributed by atoms with van der Waals surface area (Å²) >= 11 is 0. The lowest BCUT2D eigenvalue weighted by molar-refractivity contribution is -0.116. The predicted octanol–water partition coefficient (Wildman–Crippen LogP) is 3.22. The van der Waals surface area contributed by atoms with Gasteiger partial charge in [0.2, 0.25) is 5.91 Å². The summed E-state index contributed by atoms with van der Waals surface area (Å²) in [4.78, 5) is 28.2. The van der Waals surface area contributed by atoms with E-state index in [9.17, 15) is 9.59 Å².